The molecule has 21 heavy (non-hydrogen) atoms. The fourth-order valence-corrected chi connectivity index (χ4v) is 3.13. The van der Waals surface area contributed by atoms with Crippen LogP contribution in [-0.2, 0) is 6.54 Å². The molecule has 0 aromatic heterocycles. The van der Waals surface area contributed by atoms with E-state index in [1.54, 1.807) is 6.92 Å². The Balaban J connectivity index is 2.20. The third kappa shape index (κ3) is 4.07. The molecule has 1 heterocycles. The summed E-state index contributed by atoms with van der Waals surface area (Å²) >= 11 is 0. The Labute approximate surface area is 128 Å². The summed E-state index contributed by atoms with van der Waals surface area (Å²) in [6, 6.07) is 6.38. The van der Waals surface area contributed by atoms with Gasteiger partial charge >= 0.3 is 0 Å². The second kappa shape index (κ2) is 7.08. The van der Waals surface area contributed by atoms with E-state index in [0.29, 0.717) is 12.6 Å². The van der Waals surface area contributed by atoms with E-state index in [2.05, 4.69) is 18.7 Å². The first kappa shape index (κ1) is 16.0. The second-order valence-corrected chi connectivity index (χ2v) is 6.26. The highest BCUT2D eigenvalue weighted by Gasteiger charge is 2.23. The number of carbonyl (C=O) groups excluding carboxylic acids is 1. The molecule has 0 bridgehead atoms. The van der Waals surface area contributed by atoms with Gasteiger partial charge in [0.1, 0.15) is 5.75 Å². The Morgan fingerprint density at radius 1 is 1.38 bits per heavy atom. The first-order valence-electron chi connectivity index (χ1n) is 8.02. The van der Waals surface area contributed by atoms with E-state index in [1.807, 2.05) is 25.1 Å². The van der Waals surface area contributed by atoms with Crippen molar-refractivity contribution in [2.24, 2.45) is 5.92 Å². The fourth-order valence-electron chi connectivity index (χ4n) is 3.13. The Bertz CT molecular complexity index is 498. The van der Waals surface area contributed by atoms with Crippen LogP contribution in [0, 0.1) is 5.92 Å². The number of likely N-dealkylation sites (tertiary alicyclic amines) is 1. The monoisotopic (exact) mass is 289 g/mol. The third-order valence-electron chi connectivity index (χ3n) is 4.42. The predicted octanol–water partition coefficient (Wildman–Crippen LogP) is 3.91. The van der Waals surface area contributed by atoms with Crippen LogP contribution in [0.5, 0.6) is 5.75 Å². The van der Waals surface area contributed by atoms with E-state index < -0.39 is 0 Å². The molecule has 2 rings (SSSR count). The van der Waals surface area contributed by atoms with Crippen molar-refractivity contribution < 1.29 is 9.53 Å². The molecule has 3 nitrogen and oxygen atoms in total. The smallest absolute Gasteiger partial charge is 0.159 e. The van der Waals surface area contributed by atoms with Gasteiger partial charge in [0.15, 0.2) is 5.78 Å². The van der Waals surface area contributed by atoms with Crippen molar-refractivity contribution in [1.29, 1.82) is 0 Å². The normalized spacial score (nSPS) is 23.0. The van der Waals surface area contributed by atoms with Gasteiger partial charge in [-0.05, 0) is 64.3 Å². The van der Waals surface area contributed by atoms with Crippen molar-refractivity contribution >= 4 is 5.78 Å². The van der Waals surface area contributed by atoms with Gasteiger partial charge in [-0.25, -0.2) is 0 Å². The quantitative estimate of drug-likeness (QED) is 0.770. The first-order chi connectivity index (χ1) is 10.0. The molecule has 3 heteroatoms. The molecule has 1 aromatic rings. The molecule has 0 saturated carbocycles. The number of ketones is 1. The molecule has 1 aliphatic heterocycles. The molecule has 1 fully saturated rings. The third-order valence-corrected chi connectivity index (χ3v) is 4.42. The lowest BCUT2D eigenvalue weighted by Gasteiger charge is -2.36. The molecule has 2 atom stereocenters. The van der Waals surface area contributed by atoms with Crippen molar-refractivity contribution in [3.63, 3.8) is 0 Å². The van der Waals surface area contributed by atoms with Gasteiger partial charge in [-0.3, -0.25) is 9.69 Å². The number of nitrogens with zero attached hydrogens (tertiary/aromatic N) is 1. The van der Waals surface area contributed by atoms with Gasteiger partial charge in [-0.15, -0.1) is 0 Å². The zero-order valence-corrected chi connectivity index (χ0v) is 13.7. The lowest BCUT2D eigenvalue weighted by molar-refractivity contribution is 0.101. The molecule has 0 N–H and O–H groups in total. The predicted molar refractivity (Wildman–Crippen MR) is 85.9 cm³/mol. The molecule has 2 unspecified atom stereocenters. The topological polar surface area (TPSA) is 29.5 Å². The molecule has 1 saturated heterocycles. The minimum absolute atomic E-state index is 0.111. The molecule has 0 radical (unpaired) electrons. The van der Waals surface area contributed by atoms with Gasteiger partial charge in [0.2, 0.25) is 0 Å². The van der Waals surface area contributed by atoms with Gasteiger partial charge in [0, 0.05) is 23.7 Å². The lowest BCUT2D eigenvalue weighted by Crippen LogP contribution is -2.39. The van der Waals surface area contributed by atoms with E-state index in [1.165, 1.54) is 12.8 Å². The van der Waals surface area contributed by atoms with E-state index >= 15 is 0 Å². The second-order valence-electron chi connectivity index (χ2n) is 6.26. The molecule has 0 spiro atoms. The van der Waals surface area contributed by atoms with Crippen LogP contribution in [0.4, 0.5) is 0 Å². The Morgan fingerprint density at radius 2 is 2.14 bits per heavy atom. The van der Waals surface area contributed by atoms with Crippen LogP contribution in [0.25, 0.3) is 0 Å². The van der Waals surface area contributed by atoms with Gasteiger partial charge in [-0.2, -0.15) is 0 Å². The molecule has 0 aliphatic carbocycles. The molecule has 1 aliphatic rings. The van der Waals surface area contributed by atoms with Gasteiger partial charge in [0.05, 0.1) is 6.61 Å². The zero-order chi connectivity index (χ0) is 15.4. The summed E-state index contributed by atoms with van der Waals surface area (Å²) in [5, 5.41) is 0. The molecular weight excluding hydrogens is 262 g/mol. The minimum Gasteiger partial charge on any atom is -0.494 e. The lowest BCUT2D eigenvalue weighted by atomic mass is 9.93. The van der Waals surface area contributed by atoms with Crippen molar-refractivity contribution in [3.8, 4) is 5.75 Å². The zero-order valence-electron chi connectivity index (χ0n) is 13.7. The molecular formula is C18H27NO2. The van der Waals surface area contributed by atoms with Crippen LogP contribution in [0.1, 0.15) is 56.5 Å². The van der Waals surface area contributed by atoms with Gasteiger partial charge in [-0.1, -0.05) is 6.92 Å². The summed E-state index contributed by atoms with van der Waals surface area (Å²) in [5.74, 6) is 1.83. The number of hydrogen-bond acceptors (Lipinski definition) is 3. The number of piperidine rings is 1. The van der Waals surface area contributed by atoms with Crippen LogP contribution in [0.2, 0.25) is 0 Å². The number of hydrogen-bond donors (Lipinski definition) is 0. The summed E-state index contributed by atoms with van der Waals surface area (Å²) in [5.41, 5.74) is 1.90. The summed E-state index contributed by atoms with van der Waals surface area (Å²) in [4.78, 5) is 14.1. The van der Waals surface area contributed by atoms with Crippen LogP contribution in [0.3, 0.4) is 0 Å². The highest BCUT2D eigenvalue weighted by atomic mass is 16.5. The maximum absolute atomic E-state index is 11.6. The number of benzene rings is 1. The summed E-state index contributed by atoms with van der Waals surface area (Å²) < 4.78 is 5.73. The highest BCUT2D eigenvalue weighted by molar-refractivity contribution is 5.94. The van der Waals surface area contributed by atoms with Crippen LogP contribution in [-0.4, -0.2) is 29.9 Å². The number of ether oxygens (including phenoxy) is 1. The number of carbonyl (C=O) groups is 1. The summed E-state index contributed by atoms with van der Waals surface area (Å²) in [6.07, 6.45) is 2.50. The summed E-state index contributed by atoms with van der Waals surface area (Å²) in [6.45, 7) is 10.9. The minimum atomic E-state index is 0.111. The van der Waals surface area contributed by atoms with Crippen LogP contribution in [0.15, 0.2) is 18.2 Å². The van der Waals surface area contributed by atoms with Crippen LogP contribution < -0.4 is 4.74 Å². The fraction of sp³-hybridized carbons (Fsp3) is 0.611. The Hall–Kier alpha value is -1.35. The standard InChI is InChI=1S/C18H27NO2/c1-5-21-18-7-6-16(15(4)20)11-17(18)12-19-9-8-13(2)10-14(19)3/h6-7,11,13-14H,5,8-10,12H2,1-4H3. The van der Waals surface area contributed by atoms with E-state index in [0.717, 1.165) is 35.9 Å². The highest BCUT2D eigenvalue weighted by Crippen LogP contribution is 2.28. The average Bonchev–Trinajstić information content (AvgIpc) is 2.43. The molecule has 116 valence electrons. The van der Waals surface area contributed by atoms with Gasteiger partial charge in [0.25, 0.3) is 0 Å². The summed E-state index contributed by atoms with van der Waals surface area (Å²) in [7, 11) is 0. The average molecular weight is 289 g/mol. The van der Waals surface area contributed by atoms with E-state index in [-0.39, 0.29) is 5.78 Å². The first-order valence-corrected chi connectivity index (χ1v) is 8.02. The molecule has 0 amide bonds. The SMILES string of the molecule is CCOc1ccc(C(C)=O)cc1CN1CCC(C)CC1C. The number of rotatable bonds is 5. The van der Waals surface area contributed by atoms with Crippen molar-refractivity contribution in [3.05, 3.63) is 29.3 Å². The Morgan fingerprint density at radius 3 is 2.76 bits per heavy atom. The largest absolute Gasteiger partial charge is 0.494 e. The van der Waals surface area contributed by atoms with Crippen molar-refractivity contribution in [1.82, 2.24) is 4.90 Å². The van der Waals surface area contributed by atoms with E-state index in [9.17, 15) is 4.79 Å². The van der Waals surface area contributed by atoms with Crippen molar-refractivity contribution in [2.75, 3.05) is 13.2 Å². The maximum Gasteiger partial charge on any atom is 0.159 e. The number of Topliss-reactive ketones (excluding diaryl/α,β-unsaturated/α-hetero) is 1. The van der Waals surface area contributed by atoms with Gasteiger partial charge < -0.3 is 4.74 Å². The van der Waals surface area contributed by atoms with Crippen LogP contribution >= 0.6 is 0 Å². The van der Waals surface area contributed by atoms with Crippen molar-refractivity contribution in [2.45, 2.75) is 53.1 Å². The van der Waals surface area contributed by atoms with E-state index in [4.69, 9.17) is 4.74 Å². The maximum atomic E-state index is 11.6. The Kier molecular flexibility index (Phi) is 5.40. The molecule has 1 aromatic carbocycles.